The number of carbonyl (C=O) groups excluding carboxylic acids is 1. The van der Waals surface area contributed by atoms with Gasteiger partial charge in [0, 0.05) is 0 Å². The van der Waals surface area contributed by atoms with Crippen LogP contribution in [0.5, 0.6) is 17.2 Å². The second-order valence-corrected chi connectivity index (χ2v) is 5.72. The highest BCUT2D eigenvalue weighted by Gasteiger charge is 2.15. The molecule has 0 unspecified atom stereocenters. The van der Waals surface area contributed by atoms with Gasteiger partial charge in [-0.05, 0) is 42.3 Å². The molecule has 0 bridgehead atoms. The van der Waals surface area contributed by atoms with Crippen molar-refractivity contribution < 1.29 is 27.8 Å². The molecule has 9 heteroatoms. The second-order valence-electron chi connectivity index (χ2n) is 5.31. The van der Waals surface area contributed by atoms with Crippen LogP contribution in [0.15, 0.2) is 41.5 Å². The highest BCUT2D eigenvalue weighted by atomic mass is 35.5. The number of nitrogens with zero attached hydrogens (tertiary/aromatic N) is 1. The average molecular weight is 399 g/mol. The number of methoxy groups -OCH3 is 1. The van der Waals surface area contributed by atoms with Crippen LogP contribution in [0.25, 0.3) is 0 Å². The van der Waals surface area contributed by atoms with Crippen molar-refractivity contribution in [3.8, 4) is 17.2 Å². The number of benzene rings is 2. The van der Waals surface area contributed by atoms with Crippen molar-refractivity contribution in [1.82, 2.24) is 5.43 Å². The number of halogens is 3. The average Bonchev–Trinajstić information content (AvgIpc) is 2.61. The minimum absolute atomic E-state index is 0.0124. The quantitative estimate of drug-likeness (QED) is 0.542. The van der Waals surface area contributed by atoms with Crippen LogP contribution in [-0.4, -0.2) is 32.4 Å². The summed E-state index contributed by atoms with van der Waals surface area (Å²) >= 11 is 5.92. The number of hydrogen-bond acceptors (Lipinski definition) is 5. The molecule has 0 radical (unpaired) electrons. The van der Waals surface area contributed by atoms with Crippen LogP contribution in [0.4, 0.5) is 8.78 Å². The summed E-state index contributed by atoms with van der Waals surface area (Å²) in [6.07, 6.45) is 1.28. The third-order valence-corrected chi connectivity index (χ3v) is 3.50. The van der Waals surface area contributed by atoms with Crippen molar-refractivity contribution >= 4 is 23.7 Å². The van der Waals surface area contributed by atoms with E-state index in [0.29, 0.717) is 11.3 Å². The van der Waals surface area contributed by atoms with Gasteiger partial charge in [0.25, 0.3) is 5.91 Å². The number of ether oxygens (including phenoxy) is 3. The molecule has 27 heavy (non-hydrogen) atoms. The smallest absolute Gasteiger partial charge is 0.387 e. The maximum absolute atomic E-state index is 12.4. The lowest BCUT2D eigenvalue weighted by Crippen LogP contribution is -2.24. The van der Waals surface area contributed by atoms with Crippen molar-refractivity contribution in [2.45, 2.75) is 13.5 Å². The molecule has 0 fully saturated rings. The lowest BCUT2D eigenvalue weighted by Gasteiger charge is -2.12. The van der Waals surface area contributed by atoms with Gasteiger partial charge in [-0.25, -0.2) is 5.43 Å². The van der Waals surface area contributed by atoms with Crippen LogP contribution in [0.2, 0.25) is 5.02 Å². The molecule has 0 aliphatic rings. The Hall–Kier alpha value is -2.87. The normalized spacial score (nSPS) is 10.9. The second kappa shape index (κ2) is 9.72. The standard InChI is InChI=1S/C18H17ClF2N2O4/c1-11-4-3-5-13(6-11)26-10-16(24)23-22-9-12-7-14(19)17(27-18(20)21)15(8-12)25-2/h3-9,18H,10H2,1-2H3,(H,23,24)/b22-9-. The van der Waals surface area contributed by atoms with E-state index in [9.17, 15) is 13.6 Å². The fourth-order valence-electron chi connectivity index (χ4n) is 2.08. The molecule has 0 aliphatic heterocycles. The first-order chi connectivity index (χ1) is 12.9. The van der Waals surface area contributed by atoms with Gasteiger partial charge >= 0.3 is 6.61 Å². The van der Waals surface area contributed by atoms with Crippen molar-refractivity contribution in [3.05, 3.63) is 52.5 Å². The number of alkyl halides is 2. The molecule has 0 saturated heterocycles. The first-order valence-electron chi connectivity index (χ1n) is 7.72. The SMILES string of the molecule is COc1cc(/C=N\NC(=O)COc2cccc(C)c2)cc(Cl)c1OC(F)F. The van der Waals surface area contributed by atoms with Crippen molar-refractivity contribution in [2.75, 3.05) is 13.7 Å². The van der Waals surface area contributed by atoms with E-state index in [1.165, 1.54) is 25.5 Å². The molecular formula is C18H17ClF2N2O4. The number of nitrogens with one attached hydrogen (secondary N) is 1. The summed E-state index contributed by atoms with van der Waals surface area (Å²) in [5.74, 6) is -0.163. The zero-order valence-electron chi connectivity index (χ0n) is 14.5. The Kier molecular flexibility index (Phi) is 7.36. The summed E-state index contributed by atoms with van der Waals surface area (Å²) in [5.41, 5.74) is 3.72. The number of hydrazone groups is 1. The van der Waals surface area contributed by atoms with Crippen LogP contribution in [-0.2, 0) is 4.79 Å². The molecule has 0 atom stereocenters. The zero-order chi connectivity index (χ0) is 19.8. The molecule has 0 spiro atoms. The summed E-state index contributed by atoms with van der Waals surface area (Å²) in [6.45, 7) is -1.34. The summed E-state index contributed by atoms with van der Waals surface area (Å²) < 4.78 is 39.5. The van der Waals surface area contributed by atoms with Gasteiger partial charge in [0.15, 0.2) is 18.1 Å². The first-order valence-corrected chi connectivity index (χ1v) is 8.10. The number of rotatable bonds is 8. The van der Waals surface area contributed by atoms with Gasteiger partial charge in [0.2, 0.25) is 0 Å². The molecule has 2 aromatic rings. The Morgan fingerprint density at radius 1 is 1.33 bits per heavy atom. The molecule has 6 nitrogen and oxygen atoms in total. The van der Waals surface area contributed by atoms with E-state index in [1.807, 2.05) is 19.1 Å². The molecule has 2 aromatic carbocycles. The van der Waals surface area contributed by atoms with Gasteiger partial charge in [-0.2, -0.15) is 13.9 Å². The van der Waals surface area contributed by atoms with Crippen molar-refractivity contribution in [3.63, 3.8) is 0 Å². The highest BCUT2D eigenvalue weighted by molar-refractivity contribution is 6.32. The molecule has 1 N–H and O–H groups in total. The van der Waals surface area contributed by atoms with Crippen LogP contribution in [0.3, 0.4) is 0 Å². The Balaban J connectivity index is 1.95. The molecule has 1 amide bonds. The number of carbonyl (C=O) groups is 1. The lowest BCUT2D eigenvalue weighted by atomic mass is 10.2. The van der Waals surface area contributed by atoms with Gasteiger partial charge in [-0.3, -0.25) is 4.79 Å². The van der Waals surface area contributed by atoms with E-state index in [0.717, 1.165) is 5.56 Å². The van der Waals surface area contributed by atoms with Crippen LogP contribution >= 0.6 is 11.6 Å². The topological polar surface area (TPSA) is 69.2 Å². The van der Waals surface area contributed by atoms with Gasteiger partial charge in [-0.15, -0.1) is 0 Å². The molecule has 0 aromatic heterocycles. The summed E-state index contributed by atoms with van der Waals surface area (Å²) in [7, 11) is 1.29. The largest absolute Gasteiger partial charge is 0.493 e. The lowest BCUT2D eigenvalue weighted by molar-refractivity contribution is -0.123. The summed E-state index contributed by atoms with van der Waals surface area (Å²) in [4.78, 5) is 11.8. The number of amides is 1. The maximum atomic E-state index is 12.4. The van der Waals surface area contributed by atoms with E-state index in [2.05, 4.69) is 15.3 Å². The van der Waals surface area contributed by atoms with E-state index in [4.69, 9.17) is 21.1 Å². The number of aryl methyl sites for hydroxylation is 1. The van der Waals surface area contributed by atoms with Crippen LogP contribution in [0.1, 0.15) is 11.1 Å². The third kappa shape index (κ3) is 6.41. The van der Waals surface area contributed by atoms with Gasteiger partial charge < -0.3 is 14.2 Å². The first kappa shape index (κ1) is 20.4. The summed E-state index contributed by atoms with van der Waals surface area (Å²) in [5, 5.41) is 3.69. The van der Waals surface area contributed by atoms with Gasteiger partial charge in [0.1, 0.15) is 5.75 Å². The number of hydrogen-bond donors (Lipinski definition) is 1. The van der Waals surface area contributed by atoms with Gasteiger partial charge in [0.05, 0.1) is 18.3 Å². The minimum atomic E-state index is -3.04. The van der Waals surface area contributed by atoms with Crippen molar-refractivity contribution in [2.24, 2.45) is 5.10 Å². The monoisotopic (exact) mass is 398 g/mol. The fraction of sp³-hybridized carbons (Fsp3) is 0.222. The molecule has 0 aliphatic carbocycles. The fourth-order valence-corrected chi connectivity index (χ4v) is 2.35. The van der Waals surface area contributed by atoms with Crippen LogP contribution in [0, 0.1) is 6.92 Å². The minimum Gasteiger partial charge on any atom is -0.493 e. The van der Waals surface area contributed by atoms with E-state index in [1.54, 1.807) is 12.1 Å². The Labute approximate surface area is 159 Å². The van der Waals surface area contributed by atoms with E-state index in [-0.39, 0.29) is 23.1 Å². The summed E-state index contributed by atoms with van der Waals surface area (Å²) in [6, 6.07) is 10.0. The molecule has 2 rings (SSSR count). The zero-order valence-corrected chi connectivity index (χ0v) is 15.3. The molecular weight excluding hydrogens is 382 g/mol. The Bertz CT molecular complexity index is 831. The predicted octanol–water partition coefficient (Wildman–Crippen LogP) is 3.79. The maximum Gasteiger partial charge on any atom is 0.387 e. The Morgan fingerprint density at radius 3 is 2.78 bits per heavy atom. The molecule has 144 valence electrons. The molecule has 0 saturated carbocycles. The molecule has 0 heterocycles. The van der Waals surface area contributed by atoms with Crippen LogP contribution < -0.4 is 19.6 Å². The third-order valence-electron chi connectivity index (χ3n) is 3.22. The van der Waals surface area contributed by atoms with E-state index >= 15 is 0 Å². The highest BCUT2D eigenvalue weighted by Crippen LogP contribution is 2.37. The van der Waals surface area contributed by atoms with Gasteiger partial charge in [-0.1, -0.05) is 23.7 Å². The Morgan fingerprint density at radius 2 is 2.11 bits per heavy atom. The predicted molar refractivity (Wildman–Crippen MR) is 97.0 cm³/mol. The van der Waals surface area contributed by atoms with E-state index < -0.39 is 12.5 Å². The van der Waals surface area contributed by atoms with Crippen molar-refractivity contribution in [1.29, 1.82) is 0 Å².